The summed E-state index contributed by atoms with van der Waals surface area (Å²) in [5, 5.41) is 9.94. The number of hydrogen-bond donors (Lipinski definition) is 1. The zero-order valence-electron chi connectivity index (χ0n) is 12.4. The van der Waals surface area contributed by atoms with Crippen molar-refractivity contribution in [2.24, 2.45) is 0 Å². The van der Waals surface area contributed by atoms with Gasteiger partial charge in [-0.3, -0.25) is 0 Å². The smallest absolute Gasteiger partial charge is 0.181 e. The van der Waals surface area contributed by atoms with E-state index in [0.29, 0.717) is 0 Å². The fraction of sp³-hybridized carbons (Fsp3) is 0.250. The van der Waals surface area contributed by atoms with Crippen molar-refractivity contribution in [1.29, 1.82) is 0 Å². The van der Waals surface area contributed by atoms with Gasteiger partial charge in [-0.2, -0.15) is 0 Å². The van der Waals surface area contributed by atoms with Crippen molar-refractivity contribution >= 4 is 21.4 Å². The van der Waals surface area contributed by atoms with Gasteiger partial charge in [-0.15, -0.1) is 0 Å². The molecular formula is C16H16ClFO4S. The summed E-state index contributed by atoms with van der Waals surface area (Å²) < 4.78 is 42.5. The highest BCUT2D eigenvalue weighted by molar-refractivity contribution is 7.91. The normalized spacial score (nSPS) is 12.9. The maximum atomic E-state index is 12.9. The molecule has 0 heterocycles. The molecule has 0 amide bonds. The molecule has 124 valence electrons. The lowest BCUT2D eigenvalue weighted by Gasteiger charge is -2.14. The maximum Gasteiger partial charge on any atom is 0.181 e. The minimum absolute atomic E-state index is 0.0543. The Bertz CT molecular complexity index is 775. The summed E-state index contributed by atoms with van der Waals surface area (Å²) in [5.74, 6) is -0.806. The van der Waals surface area contributed by atoms with Crippen molar-refractivity contribution in [2.75, 3.05) is 12.4 Å². The van der Waals surface area contributed by atoms with Gasteiger partial charge in [0.15, 0.2) is 9.84 Å². The first kappa shape index (κ1) is 17.7. The summed E-state index contributed by atoms with van der Waals surface area (Å²) in [6.07, 6.45) is -1.23. The summed E-state index contributed by atoms with van der Waals surface area (Å²) in [5.41, 5.74) is 0.943. The summed E-state index contributed by atoms with van der Waals surface area (Å²) >= 11 is 5.79. The van der Waals surface area contributed by atoms with Crippen LogP contribution in [0.15, 0.2) is 47.4 Å². The van der Waals surface area contributed by atoms with E-state index in [0.717, 1.165) is 17.7 Å². The first-order chi connectivity index (χ1) is 10.8. The summed E-state index contributed by atoms with van der Waals surface area (Å²) in [6, 6.07) is 9.92. The van der Waals surface area contributed by atoms with Crippen LogP contribution in [0, 0.1) is 12.7 Å². The highest BCUT2D eigenvalue weighted by atomic mass is 35.5. The Morgan fingerprint density at radius 2 is 1.87 bits per heavy atom. The zero-order valence-corrected chi connectivity index (χ0v) is 13.9. The number of aliphatic hydroxyl groups is 1. The molecule has 0 saturated carbocycles. The lowest BCUT2D eigenvalue weighted by molar-refractivity contribution is 0.125. The van der Waals surface area contributed by atoms with E-state index >= 15 is 0 Å². The molecule has 4 nitrogen and oxygen atoms in total. The van der Waals surface area contributed by atoms with Crippen LogP contribution in [-0.2, 0) is 9.84 Å². The Hall–Kier alpha value is -1.63. The van der Waals surface area contributed by atoms with E-state index in [1.54, 1.807) is 12.1 Å². The minimum Gasteiger partial charge on any atom is -0.489 e. The van der Waals surface area contributed by atoms with Crippen molar-refractivity contribution in [2.45, 2.75) is 17.9 Å². The average molecular weight is 359 g/mol. The van der Waals surface area contributed by atoms with Crippen LogP contribution in [0.3, 0.4) is 0 Å². The van der Waals surface area contributed by atoms with E-state index in [4.69, 9.17) is 16.3 Å². The molecule has 0 fully saturated rings. The number of halogens is 2. The van der Waals surface area contributed by atoms with Crippen LogP contribution in [-0.4, -0.2) is 32.0 Å². The molecule has 7 heteroatoms. The molecule has 0 aliphatic rings. The molecule has 0 aliphatic carbocycles. The average Bonchev–Trinajstić information content (AvgIpc) is 2.46. The third kappa shape index (κ3) is 4.92. The number of hydrogen-bond acceptors (Lipinski definition) is 4. The zero-order chi connectivity index (χ0) is 17.0. The number of aryl methyl sites for hydroxylation is 1. The Balaban J connectivity index is 1.98. The van der Waals surface area contributed by atoms with Crippen molar-refractivity contribution in [3.63, 3.8) is 0 Å². The van der Waals surface area contributed by atoms with Gasteiger partial charge in [-0.1, -0.05) is 29.3 Å². The van der Waals surface area contributed by atoms with Gasteiger partial charge in [0.1, 0.15) is 24.3 Å². The highest BCUT2D eigenvalue weighted by Crippen LogP contribution is 2.25. The van der Waals surface area contributed by atoms with Gasteiger partial charge in [0.2, 0.25) is 0 Å². The molecule has 2 aromatic carbocycles. The fourth-order valence-electron chi connectivity index (χ4n) is 1.92. The Labute approximate surface area is 139 Å². The predicted molar refractivity (Wildman–Crippen MR) is 86.1 cm³/mol. The Morgan fingerprint density at radius 1 is 1.22 bits per heavy atom. The van der Waals surface area contributed by atoms with Crippen molar-refractivity contribution < 1.29 is 22.7 Å². The first-order valence-electron chi connectivity index (χ1n) is 6.83. The van der Waals surface area contributed by atoms with Gasteiger partial charge in [-0.05, 0) is 37.3 Å². The minimum atomic E-state index is -3.62. The summed E-state index contributed by atoms with van der Waals surface area (Å²) in [6.45, 7) is 1.59. The number of sulfone groups is 1. The molecule has 2 rings (SSSR count). The van der Waals surface area contributed by atoms with Gasteiger partial charge in [0, 0.05) is 0 Å². The molecular weight excluding hydrogens is 343 g/mol. The standard InChI is InChI=1S/C16H16ClFO4S/c1-11-2-5-14(6-3-11)23(20,21)10-13(19)9-22-16-7-4-12(18)8-15(16)17/h2-8,13,19H,9-10H2,1H3/t13-/m0/s1. The number of benzene rings is 2. The largest absolute Gasteiger partial charge is 0.489 e. The van der Waals surface area contributed by atoms with Crippen molar-refractivity contribution in [3.05, 3.63) is 58.9 Å². The van der Waals surface area contributed by atoms with Gasteiger partial charge >= 0.3 is 0 Å². The molecule has 23 heavy (non-hydrogen) atoms. The molecule has 0 aromatic heterocycles. The Morgan fingerprint density at radius 3 is 2.48 bits per heavy atom. The molecule has 0 spiro atoms. The quantitative estimate of drug-likeness (QED) is 0.862. The van der Waals surface area contributed by atoms with E-state index in [-0.39, 0.29) is 22.3 Å². The van der Waals surface area contributed by atoms with Gasteiger partial charge in [-0.25, -0.2) is 12.8 Å². The van der Waals surface area contributed by atoms with Crippen LogP contribution in [0.5, 0.6) is 5.75 Å². The molecule has 0 saturated heterocycles. The monoisotopic (exact) mass is 358 g/mol. The molecule has 0 aliphatic heterocycles. The van der Waals surface area contributed by atoms with Crippen LogP contribution >= 0.6 is 11.6 Å². The summed E-state index contributed by atoms with van der Waals surface area (Å²) in [7, 11) is -3.62. The van der Waals surface area contributed by atoms with Crippen LogP contribution in [0.2, 0.25) is 5.02 Å². The fourth-order valence-corrected chi connectivity index (χ4v) is 3.49. The number of rotatable bonds is 6. The molecule has 0 bridgehead atoms. The molecule has 0 radical (unpaired) electrons. The molecule has 1 atom stereocenters. The van der Waals surface area contributed by atoms with E-state index in [9.17, 15) is 17.9 Å². The second-order valence-corrected chi connectivity index (χ2v) is 7.58. The van der Waals surface area contributed by atoms with Gasteiger partial charge in [0.05, 0.1) is 15.7 Å². The number of aliphatic hydroxyl groups excluding tert-OH is 1. The maximum absolute atomic E-state index is 12.9. The Kier molecular flexibility index (Phi) is 5.62. The second kappa shape index (κ2) is 7.29. The number of ether oxygens (including phenoxy) is 1. The summed E-state index contributed by atoms with van der Waals surface area (Å²) in [4.78, 5) is 0.141. The van der Waals surface area contributed by atoms with Crippen LogP contribution in [0.4, 0.5) is 4.39 Å². The van der Waals surface area contributed by atoms with E-state index in [1.165, 1.54) is 18.2 Å². The van der Waals surface area contributed by atoms with E-state index < -0.39 is 27.5 Å². The van der Waals surface area contributed by atoms with Crippen molar-refractivity contribution in [1.82, 2.24) is 0 Å². The van der Waals surface area contributed by atoms with Crippen LogP contribution < -0.4 is 4.74 Å². The SMILES string of the molecule is Cc1ccc(S(=O)(=O)C[C@@H](O)COc2ccc(F)cc2Cl)cc1. The topological polar surface area (TPSA) is 63.6 Å². The van der Waals surface area contributed by atoms with Crippen LogP contribution in [0.25, 0.3) is 0 Å². The third-order valence-electron chi connectivity index (χ3n) is 3.12. The predicted octanol–water partition coefficient (Wildman–Crippen LogP) is 3.00. The van der Waals surface area contributed by atoms with Crippen LogP contribution in [0.1, 0.15) is 5.56 Å². The molecule has 0 unspecified atom stereocenters. The lowest BCUT2D eigenvalue weighted by Crippen LogP contribution is -2.27. The van der Waals surface area contributed by atoms with E-state index in [2.05, 4.69) is 0 Å². The van der Waals surface area contributed by atoms with Crippen molar-refractivity contribution in [3.8, 4) is 5.75 Å². The molecule has 1 N–H and O–H groups in total. The molecule has 2 aromatic rings. The van der Waals surface area contributed by atoms with Gasteiger partial charge < -0.3 is 9.84 Å². The van der Waals surface area contributed by atoms with E-state index in [1.807, 2.05) is 6.92 Å². The second-order valence-electron chi connectivity index (χ2n) is 5.13. The lowest BCUT2D eigenvalue weighted by atomic mass is 10.2. The first-order valence-corrected chi connectivity index (χ1v) is 8.86. The third-order valence-corrected chi connectivity index (χ3v) is 5.23. The highest BCUT2D eigenvalue weighted by Gasteiger charge is 2.20. The van der Waals surface area contributed by atoms with Gasteiger partial charge in [0.25, 0.3) is 0 Å².